The van der Waals surface area contributed by atoms with Crippen LogP contribution in [-0.2, 0) is 9.53 Å². The quantitative estimate of drug-likeness (QED) is 0.236. The lowest BCUT2D eigenvalue weighted by molar-refractivity contribution is -0.143. The zero-order valence-corrected chi connectivity index (χ0v) is 14.5. The third-order valence-corrected chi connectivity index (χ3v) is 6.07. The van der Waals surface area contributed by atoms with Gasteiger partial charge in [-0.05, 0) is 12.8 Å². The van der Waals surface area contributed by atoms with E-state index in [0.29, 0.717) is 6.42 Å². The van der Waals surface area contributed by atoms with Crippen LogP contribution in [0, 0.1) is 0 Å². The highest BCUT2D eigenvalue weighted by Crippen LogP contribution is 2.30. The zero-order chi connectivity index (χ0) is 14.0. The van der Waals surface area contributed by atoms with Crippen LogP contribution in [0.3, 0.4) is 0 Å². The van der Waals surface area contributed by atoms with Crippen LogP contribution in [0.15, 0.2) is 0 Å². The van der Waals surface area contributed by atoms with E-state index in [4.69, 9.17) is 38.0 Å². The third kappa shape index (κ3) is 10.5. The summed E-state index contributed by atoms with van der Waals surface area (Å²) in [6.07, 6.45) is 9.04. The molecule has 6 heteroatoms. The minimum absolute atomic E-state index is 0.373. The third-order valence-electron chi connectivity index (χ3n) is 2.74. The molecule has 1 unspecified atom stereocenters. The van der Waals surface area contributed by atoms with Crippen LogP contribution in [0.5, 0.6) is 0 Å². The molecule has 0 aliphatic rings. The number of hydrogen-bond acceptors (Lipinski definition) is 2. The van der Waals surface area contributed by atoms with Crippen molar-refractivity contribution in [2.75, 3.05) is 0 Å². The largest absolute Gasteiger partial charge is 0.462 e. The van der Waals surface area contributed by atoms with Gasteiger partial charge in [-0.1, -0.05) is 45.4 Å². The van der Waals surface area contributed by atoms with Crippen LogP contribution in [0.4, 0.5) is 0 Å². The van der Waals surface area contributed by atoms with Crippen LogP contribution in [0.25, 0.3) is 0 Å². The van der Waals surface area contributed by atoms with E-state index in [1.54, 1.807) is 0 Å². The molecule has 0 aromatic carbocycles. The number of ether oxygens (including phenoxy) is 1. The number of hydrogen-bond donors (Lipinski definition) is 0. The van der Waals surface area contributed by atoms with Crippen molar-refractivity contribution < 1.29 is 9.53 Å². The molecule has 0 bridgehead atoms. The monoisotopic (exact) mass is 332 g/mol. The van der Waals surface area contributed by atoms with Crippen molar-refractivity contribution in [3.8, 4) is 0 Å². The Labute approximate surface area is 125 Å². The van der Waals surface area contributed by atoms with E-state index in [0.717, 1.165) is 12.8 Å². The summed E-state index contributed by atoms with van der Waals surface area (Å²) in [5.74, 6) is -0.373. The Morgan fingerprint density at radius 2 is 1.56 bits per heavy atom. The van der Waals surface area contributed by atoms with Crippen molar-refractivity contribution in [2.45, 2.75) is 70.9 Å². The minimum atomic E-state index is -2.96. The fourth-order valence-electron chi connectivity index (χ4n) is 1.78. The number of rotatable bonds is 10. The van der Waals surface area contributed by atoms with Crippen molar-refractivity contribution in [3.63, 3.8) is 0 Å². The maximum absolute atomic E-state index is 10.9. The summed E-state index contributed by atoms with van der Waals surface area (Å²) < 4.78 is 5.09. The average Bonchev–Trinajstić information content (AvgIpc) is 2.24. The smallest absolute Gasteiger partial charge is 0.381 e. The van der Waals surface area contributed by atoms with Gasteiger partial charge in [0, 0.05) is 6.92 Å². The van der Waals surface area contributed by atoms with E-state index < -0.39 is 11.7 Å². The molecule has 0 aromatic rings. The zero-order valence-electron chi connectivity index (χ0n) is 11.2. The second kappa shape index (κ2) is 10.4. The predicted molar refractivity (Wildman–Crippen MR) is 81.5 cm³/mol. The first-order valence-corrected chi connectivity index (χ1v) is 11.7. The van der Waals surface area contributed by atoms with Crippen LogP contribution in [0.2, 0.25) is 0 Å². The molecule has 0 aromatic heterocycles. The van der Waals surface area contributed by atoms with Crippen LogP contribution in [0.1, 0.15) is 65.2 Å². The summed E-state index contributed by atoms with van der Waals surface area (Å²) in [4.78, 5) is 10.9. The Bertz CT molecular complexity index is 232. The molecule has 0 saturated heterocycles. The summed E-state index contributed by atoms with van der Waals surface area (Å²) in [5.41, 5.74) is -0.504. The molecule has 0 rings (SSSR count). The lowest BCUT2D eigenvalue weighted by Crippen LogP contribution is -2.35. The Kier molecular flexibility index (Phi) is 10.7. The highest BCUT2D eigenvalue weighted by molar-refractivity contribution is 7.65. The summed E-state index contributed by atoms with van der Waals surface area (Å²) in [5, 5.41) is 0. The second-order valence-corrected chi connectivity index (χ2v) is 13.4. The van der Waals surface area contributed by atoms with Gasteiger partial charge in [0.1, 0.15) is 5.73 Å². The predicted octanol–water partition coefficient (Wildman–Crippen LogP) is 5.25. The molecule has 0 fully saturated rings. The maximum atomic E-state index is 10.9. The van der Waals surface area contributed by atoms with E-state index in [-0.39, 0.29) is 5.97 Å². The minimum Gasteiger partial charge on any atom is -0.462 e. The fourth-order valence-corrected chi connectivity index (χ4v) is 3.99. The summed E-state index contributed by atoms with van der Waals surface area (Å²) in [6.45, 7) is 3.55. The lowest BCUT2D eigenvalue weighted by atomic mass is 10.1. The molecule has 0 heterocycles. The first-order valence-electron chi connectivity index (χ1n) is 6.61. The van der Waals surface area contributed by atoms with Crippen LogP contribution >= 0.6 is 33.2 Å². The van der Waals surface area contributed by atoms with Gasteiger partial charge in [0.15, 0.2) is 0 Å². The summed E-state index contributed by atoms with van der Waals surface area (Å²) in [7, 11) is 0. The van der Waals surface area contributed by atoms with Gasteiger partial charge < -0.3 is 4.74 Å². The fraction of sp³-hybridized carbons (Fsp3) is 0.917. The molecule has 0 aliphatic carbocycles. The summed E-state index contributed by atoms with van der Waals surface area (Å²) in [6, 6.07) is -2.96. The second-order valence-electron chi connectivity index (χ2n) is 4.55. The Morgan fingerprint density at radius 1 is 1.06 bits per heavy atom. The van der Waals surface area contributed by atoms with Crippen molar-refractivity contribution in [3.05, 3.63) is 0 Å². The molecule has 2 nitrogen and oxygen atoms in total. The van der Waals surface area contributed by atoms with Crippen LogP contribution < -0.4 is 0 Å². The number of carbonyl (C=O) groups excluding carboxylic acids is 1. The van der Waals surface area contributed by atoms with Gasteiger partial charge in [0.25, 0.3) is 0 Å². The van der Waals surface area contributed by atoms with Crippen molar-refractivity contribution >= 4 is 45.2 Å². The number of unbranched alkanes of at least 4 members (excludes halogenated alkanes) is 6. The normalized spacial score (nSPS) is 13.4. The molecule has 0 amide bonds. The van der Waals surface area contributed by atoms with Crippen molar-refractivity contribution in [1.82, 2.24) is 0 Å². The average molecular weight is 334 g/mol. The molecule has 0 spiro atoms. The molecule has 18 heavy (non-hydrogen) atoms. The van der Waals surface area contributed by atoms with Gasteiger partial charge in [-0.2, -0.15) is 0 Å². The van der Waals surface area contributed by atoms with E-state index >= 15 is 0 Å². The Balaban J connectivity index is 3.74. The van der Waals surface area contributed by atoms with Gasteiger partial charge in [0.05, 0.1) is 0 Å². The van der Waals surface area contributed by atoms with E-state index in [2.05, 4.69) is 6.92 Å². The highest BCUT2D eigenvalue weighted by Gasteiger charge is 2.39. The van der Waals surface area contributed by atoms with Gasteiger partial charge in [-0.15, -0.1) is 33.2 Å². The Hall–Kier alpha value is 0.557. The molecule has 0 saturated carbocycles. The molecule has 0 radical (unpaired) electrons. The first-order chi connectivity index (χ1) is 8.38. The van der Waals surface area contributed by atoms with E-state index in [9.17, 15) is 4.79 Å². The van der Waals surface area contributed by atoms with Gasteiger partial charge in [-0.25, -0.2) is 0 Å². The van der Waals surface area contributed by atoms with E-state index in [1.165, 1.54) is 39.0 Å². The molecule has 1 atom stereocenters. The topological polar surface area (TPSA) is 26.3 Å². The standard InChI is InChI=1S/C12H23Cl3O2Si/c1-3-4-5-6-7-8-9-10-12(17-11(2)16)18(13,14)15/h12H,3-10H2,1-2H3. The number of halogens is 3. The molecular weight excluding hydrogens is 311 g/mol. The number of esters is 1. The molecular formula is C12H23Cl3O2Si. The summed E-state index contributed by atoms with van der Waals surface area (Å²) >= 11 is 17.8. The van der Waals surface area contributed by atoms with Crippen LogP contribution in [-0.4, -0.2) is 17.7 Å². The molecule has 0 aliphatic heterocycles. The van der Waals surface area contributed by atoms with Crippen molar-refractivity contribution in [2.24, 2.45) is 0 Å². The maximum Gasteiger partial charge on any atom is 0.381 e. The SMILES string of the molecule is CCCCCCCCCC(OC(C)=O)[Si](Cl)(Cl)Cl. The lowest BCUT2D eigenvalue weighted by Gasteiger charge is -2.21. The van der Waals surface area contributed by atoms with Gasteiger partial charge >= 0.3 is 12.0 Å². The number of carbonyl (C=O) groups is 1. The van der Waals surface area contributed by atoms with E-state index in [1.807, 2.05) is 0 Å². The first kappa shape index (κ1) is 18.6. The molecule has 108 valence electrons. The van der Waals surface area contributed by atoms with Gasteiger partial charge in [0.2, 0.25) is 0 Å². The highest BCUT2D eigenvalue weighted by atomic mass is 35.8. The van der Waals surface area contributed by atoms with Gasteiger partial charge in [-0.3, -0.25) is 4.79 Å². The Morgan fingerprint density at radius 3 is 2.00 bits per heavy atom. The molecule has 0 N–H and O–H groups in total. The van der Waals surface area contributed by atoms with Crippen molar-refractivity contribution in [1.29, 1.82) is 0 Å².